The minimum Gasteiger partial charge on any atom is -0.444 e. The minimum atomic E-state index is -1.01. The number of imide groups is 1. The van der Waals surface area contributed by atoms with E-state index in [1.54, 1.807) is 39.1 Å². The Hall–Kier alpha value is -2.35. The van der Waals surface area contributed by atoms with Crippen LogP contribution in [-0.4, -0.2) is 45.6 Å². The molecule has 9 heteroatoms. The molecule has 1 saturated heterocycles. The van der Waals surface area contributed by atoms with Crippen LogP contribution in [-0.2, 0) is 16.1 Å². The molecule has 1 saturated carbocycles. The molecule has 1 aliphatic heterocycles. The molecule has 1 aromatic heterocycles. The number of carbonyl (C=O) groups is 3. The molecule has 2 aliphatic rings. The highest BCUT2D eigenvalue weighted by atomic mass is 35.5. The maximum Gasteiger partial charge on any atom is 0.407 e. The summed E-state index contributed by atoms with van der Waals surface area (Å²) in [5.74, 6) is -0.493. The van der Waals surface area contributed by atoms with Gasteiger partial charge in [-0.05, 0) is 39.7 Å². The van der Waals surface area contributed by atoms with Crippen molar-refractivity contribution in [3.8, 4) is 0 Å². The van der Waals surface area contributed by atoms with Gasteiger partial charge in [0.1, 0.15) is 16.3 Å². The van der Waals surface area contributed by atoms with Gasteiger partial charge in [-0.25, -0.2) is 14.6 Å². The van der Waals surface area contributed by atoms with E-state index in [0.29, 0.717) is 12.0 Å². The van der Waals surface area contributed by atoms with Crippen molar-refractivity contribution in [2.24, 2.45) is 5.92 Å². The van der Waals surface area contributed by atoms with E-state index in [0.717, 1.165) is 19.3 Å². The number of urea groups is 1. The summed E-state index contributed by atoms with van der Waals surface area (Å²) in [7, 11) is 0. The number of alkyl carbamates (subject to hydrolysis) is 1. The summed E-state index contributed by atoms with van der Waals surface area (Å²) in [5, 5.41) is 5.93. The standard InChI is InChI=1S/C20H27ClN4O4/c1-19(2,3)29-18(28)23-11-14-8-4-5-9-20(14)16(26)25(17(27)24-20)12-13-7-6-10-22-15(13)21/h6-7,10,14H,4-5,8-9,11-12H2,1-3H3,(H,23,28)(H,24,27)/t14-,20-/m0/s1. The van der Waals surface area contributed by atoms with Gasteiger partial charge in [0.15, 0.2) is 0 Å². The van der Waals surface area contributed by atoms with E-state index in [9.17, 15) is 14.4 Å². The molecule has 4 amide bonds. The molecule has 1 aliphatic carbocycles. The quantitative estimate of drug-likeness (QED) is 0.573. The summed E-state index contributed by atoms with van der Waals surface area (Å²) < 4.78 is 5.29. The Morgan fingerprint density at radius 2 is 2.17 bits per heavy atom. The second-order valence-corrected chi connectivity index (χ2v) is 8.93. The second-order valence-electron chi connectivity index (χ2n) is 8.57. The van der Waals surface area contributed by atoms with Crippen LogP contribution in [0.15, 0.2) is 18.3 Å². The maximum absolute atomic E-state index is 13.3. The Balaban J connectivity index is 1.74. The molecule has 1 aromatic rings. The zero-order valence-electron chi connectivity index (χ0n) is 17.0. The Kier molecular flexibility index (Phi) is 6.03. The largest absolute Gasteiger partial charge is 0.444 e. The van der Waals surface area contributed by atoms with E-state index in [4.69, 9.17) is 16.3 Å². The van der Waals surface area contributed by atoms with Gasteiger partial charge in [-0.3, -0.25) is 9.69 Å². The van der Waals surface area contributed by atoms with E-state index in [1.807, 2.05) is 0 Å². The molecular formula is C20H27ClN4O4. The zero-order valence-corrected chi connectivity index (χ0v) is 17.7. The van der Waals surface area contributed by atoms with Crippen LogP contribution in [0.3, 0.4) is 0 Å². The van der Waals surface area contributed by atoms with Crippen molar-refractivity contribution in [2.75, 3.05) is 6.54 Å². The van der Waals surface area contributed by atoms with Crippen LogP contribution < -0.4 is 10.6 Å². The number of hydrogen-bond donors (Lipinski definition) is 2. The maximum atomic E-state index is 13.3. The van der Waals surface area contributed by atoms with Gasteiger partial charge in [0.2, 0.25) is 0 Å². The molecule has 1 spiro atoms. The summed E-state index contributed by atoms with van der Waals surface area (Å²) in [5.41, 5.74) is -1.01. The Bertz CT molecular complexity index is 810. The highest BCUT2D eigenvalue weighted by molar-refractivity contribution is 6.30. The number of pyridine rings is 1. The van der Waals surface area contributed by atoms with Gasteiger partial charge in [-0.2, -0.15) is 0 Å². The number of nitrogens with one attached hydrogen (secondary N) is 2. The monoisotopic (exact) mass is 422 g/mol. The molecule has 0 radical (unpaired) electrons. The van der Waals surface area contributed by atoms with Crippen LogP contribution in [0.1, 0.15) is 52.0 Å². The van der Waals surface area contributed by atoms with E-state index in [-0.39, 0.29) is 30.1 Å². The molecule has 2 N–H and O–H groups in total. The number of hydrogen-bond acceptors (Lipinski definition) is 5. The predicted molar refractivity (Wildman–Crippen MR) is 107 cm³/mol. The number of ether oxygens (including phenoxy) is 1. The summed E-state index contributed by atoms with van der Waals surface area (Å²) in [6.07, 6.45) is 4.04. The Morgan fingerprint density at radius 1 is 1.41 bits per heavy atom. The molecule has 8 nitrogen and oxygen atoms in total. The summed E-state index contributed by atoms with van der Waals surface area (Å²) in [6.45, 7) is 5.68. The van der Waals surface area contributed by atoms with E-state index in [1.165, 1.54) is 4.90 Å². The van der Waals surface area contributed by atoms with E-state index in [2.05, 4.69) is 15.6 Å². The molecule has 2 heterocycles. The molecule has 158 valence electrons. The molecule has 0 unspecified atom stereocenters. The highest BCUT2D eigenvalue weighted by Crippen LogP contribution is 2.39. The van der Waals surface area contributed by atoms with Gasteiger partial charge in [0, 0.05) is 24.2 Å². The lowest BCUT2D eigenvalue weighted by atomic mass is 9.72. The SMILES string of the molecule is CC(C)(C)OC(=O)NC[C@@H]1CCCC[C@]12NC(=O)N(Cc1cccnc1Cl)C2=O. The van der Waals surface area contributed by atoms with Crippen LogP contribution in [0.2, 0.25) is 5.15 Å². The number of amides is 4. The van der Waals surface area contributed by atoms with Crippen LogP contribution in [0.25, 0.3) is 0 Å². The van der Waals surface area contributed by atoms with Crippen LogP contribution in [0.5, 0.6) is 0 Å². The average Bonchev–Trinajstić information content (AvgIpc) is 2.86. The third kappa shape index (κ3) is 4.63. The topological polar surface area (TPSA) is 101 Å². The first-order valence-corrected chi connectivity index (χ1v) is 10.2. The second kappa shape index (κ2) is 8.18. The van der Waals surface area contributed by atoms with Gasteiger partial charge >= 0.3 is 12.1 Å². The van der Waals surface area contributed by atoms with Crippen molar-refractivity contribution in [1.29, 1.82) is 0 Å². The molecule has 2 atom stereocenters. The molecule has 0 aromatic carbocycles. The Morgan fingerprint density at radius 3 is 2.86 bits per heavy atom. The lowest BCUT2D eigenvalue weighted by Gasteiger charge is -2.39. The van der Waals surface area contributed by atoms with Crippen LogP contribution in [0, 0.1) is 5.92 Å². The fourth-order valence-corrected chi connectivity index (χ4v) is 4.16. The smallest absolute Gasteiger partial charge is 0.407 e. The number of nitrogens with zero attached hydrogens (tertiary/aromatic N) is 2. The zero-order chi connectivity index (χ0) is 21.2. The third-order valence-corrected chi connectivity index (χ3v) is 5.67. The fourth-order valence-electron chi connectivity index (χ4n) is 3.98. The minimum absolute atomic E-state index is 0.0608. The molecule has 2 fully saturated rings. The van der Waals surface area contributed by atoms with Gasteiger partial charge in [0.25, 0.3) is 5.91 Å². The summed E-state index contributed by atoms with van der Waals surface area (Å²) >= 11 is 6.10. The first-order valence-electron chi connectivity index (χ1n) is 9.83. The number of aromatic nitrogens is 1. The Labute approximate surface area is 175 Å². The first-order chi connectivity index (χ1) is 13.6. The fraction of sp³-hybridized carbons (Fsp3) is 0.600. The van der Waals surface area contributed by atoms with Crippen molar-refractivity contribution in [1.82, 2.24) is 20.5 Å². The molecule has 29 heavy (non-hydrogen) atoms. The van der Waals surface area contributed by atoms with Crippen molar-refractivity contribution >= 4 is 29.6 Å². The van der Waals surface area contributed by atoms with Gasteiger partial charge in [-0.15, -0.1) is 0 Å². The van der Waals surface area contributed by atoms with Crippen LogP contribution in [0.4, 0.5) is 9.59 Å². The first kappa shape index (κ1) is 21.4. The average molecular weight is 423 g/mol. The van der Waals surface area contributed by atoms with Crippen molar-refractivity contribution in [2.45, 2.75) is 64.1 Å². The van der Waals surface area contributed by atoms with Crippen molar-refractivity contribution in [3.05, 3.63) is 29.0 Å². The lowest BCUT2D eigenvalue weighted by molar-refractivity contribution is -0.134. The summed E-state index contributed by atoms with van der Waals surface area (Å²) in [4.78, 5) is 43.2. The number of halogens is 1. The number of rotatable bonds is 4. The van der Waals surface area contributed by atoms with Gasteiger partial charge < -0.3 is 15.4 Å². The molecular weight excluding hydrogens is 396 g/mol. The lowest BCUT2D eigenvalue weighted by Crippen LogP contribution is -2.57. The van der Waals surface area contributed by atoms with Gasteiger partial charge in [-0.1, -0.05) is 30.5 Å². The van der Waals surface area contributed by atoms with Crippen LogP contribution >= 0.6 is 11.6 Å². The highest BCUT2D eigenvalue weighted by Gasteiger charge is 2.56. The van der Waals surface area contributed by atoms with Crippen molar-refractivity contribution in [3.63, 3.8) is 0 Å². The summed E-state index contributed by atoms with van der Waals surface area (Å²) in [6, 6.07) is 3.01. The molecule has 0 bridgehead atoms. The third-order valence-electron chi connectivity index (χ3n) is 5.33. The van der Waals surface area contributed by atoms with E-state index >= 15 is 0 Å². The van der Waals surface area contributed by atoms with E-state index < -0.39 is 23.3 Å². The van der Waals surface area contributed by atoms with Gasteiger partial charge in [0.05, 0.1) is 6.54 Å². The number of carbonyl (C=O) groups excluding carboxylic acids is 3. The van der Waals surface area contributed by atoms with Crippen molar-refractivity contribution < 1.29 is 19.1 Å². The molecule has 3 rings (SSSR count). The predicted octanol–water partition coefficient (Wildman–Crippen LogP) is 3.24. The normalized spacial score (nSPS) is 24.6.